The molecule has 0 aromatic heterocycles. The maximum Gasteiger partial charge on any atom is 0.0811 e. The summed E-state index contributed by atoms with van der Waals surface area (Å²) < 4.78 is 0. The standard InChI is InChI=1S/C27H42O3S/c1-6-27(30,7-2)17-31-19(4)23-12-13-24-20(9-8-14-26(23,24)5)10-11-21-15-22(28)16-25(29)18(21)3/h10-12,19,22,24-25,28-30H,3,6-9,13-17H2,1-2,4-5H3/b20-10+,21-11-/t19-,22-,24+,25+,26-/m1/s1. The van der Waals surface area contributed by atoms with Crippen LogP contribution in [0.15, 0.2) is 47.1 Å². The molecule has 0 bridgehead atoms. The molecule has 0 unspecified atom stereocenters. The van der Waals surface area contributed by atoms with E-state index in [2.05, 4.69) is 52.5 Å². The third-order valence-electron chi connectivity index (χ3n) is 8.23. The summed E-state index contributed by atoms with van der Waals surface area (Å²) in [6.45, 7) is 13.0. The van der Waals surface area contributed by atoms with E-state index in [0.717, 1.165) is 42.6 Å². The molecule has 2 fully saturated rings. The van der Waals surface area contributed by atoms with Gasteiger partial charge in [0.25, 0.3) is 0 Å². The zero-order valence-electron chi connectivity index (χ0n) is 19.9. The predicted octanol–water partition coefficient (Wildman–Crippen LogP) is 5.72. The lowest BCUT2D eigenvalue weighted by Crippen LogP contribution is -2.35. The molecule has 174 valence electrons. The molecule has 3 aliphatic rings. The van der Waals surface area contributed by atoms with Gasteiger partial charge in [-0.3, -0.25) is 0 Å². The Kier molecular flexibility index (Phi) is 8.00. The highest BCUT2D eigenvalue weighted by molar-refractivity contribution is 8.00. The number of rotatable bonds is 7. The number of hydrogen-bond acceptors (Lipinski definition) is 4. The number of aliphatic hydroxyl groups is 3. The first-order valence-electron chi connectivity index (χ1n) is 12.1. The molecule has 3 N–H and O–H groups in total. The van der Waals surface area contributed by atoms with E-state index in [1.165, 1.54) is 18.4 Å². The van der Waals surface area contributed by atoms with Crippen LogP contribution in [0.1, 0.15) is 79.1 Å². The molecule has 0 aliphatic heterocycles. The minimum atomic E-state index is -0.632. The van der Waals surface area contributed by atoms with Crippen molar-refractivity contribution in [3.05, 3.63) is 47.1 Å². The Morgan fingerprint density at radius 1 is 1.29 bits per heavy atom. The van der Waals surface area contributed by atoms with E-state index in [-0.39, 0.29) is 5.41 Å². The van der Waals surface area contributed by atoms with Crippen LogP contribution in [-0.2, 0) is 0 Å². The molecule has 3 rings (SSSR count). The Morgan fingerprint density at radius 2 is 2.00 bits per heavy atom. The number of aliphatic hydroxyl groups excluding tert-OH is 2. The minimum absolute atomic E-state index is 0.189. The zero-order valence-corrected chi connectivity index (χ0v) is 20.7. The topological polar surface area (TPSA) is 60.7 Å². The Hall–Kier alpha value is -0.810. The Bertz CT molecular complexity index is 760. The largest absolute Gasteiger partial charge is 0.393 e. The van der Waals surface area contributed by atoms with Crippen LogP contribution in [0.2, 0.25) is 0 Å². The second-order valence-electron chi connectivity index (χ2n) is 10.2. The van der Waals surface area contributed by atoms with E-state index in [1.807, 2.05) is 11.8 Å². The molecule has 2 saturated carbocycles. The first kappa shape index (κ1) is 24.8. The highest BCUT2D eigenvalue weighted by Gasteiger charge is 2.46. The van der Waals surface area contributed by atoms with E-state index in [0.29, 0.717) is 24.0 Å². The molecular weight excluding hydrogens is 404 g/mol. The van der Waals surface area contributed by atoms with E-state index < -0.39 is 17.8 Å². The first-order valence-corrected chi connectivity index (χ1v) is 13.2. The second kappa shape index (κ2) is 9.99. The molecule has 0 heterocycles. The van der Waals surface area contributed by atoms with Crippen LogP contribution in [-0.4, -0.2) is 44.1 Å². The van der Waals surface area contributed by atoms with Gasteiger partial charge in [-0.2, -0.15) is 11.8 Å². The van der Waals surface area contributed by atoms with Gasteiger partial charge >= 0.3 is 0 Å². The van der Waals surface area contributed by atoms with E-state index in [4.69, 9.17) is 0 Å². The predicted molar refractivity (Wildman–Crippen MR) is 132 cm³/mol. The highest BCUT2D eigenvalue weighted by atomic mass is 32.2. The van der Waals surface area contributed by atoms with Crippen molar-refractivity contribution < 1.29 is 15.3 Å². The van der Waals surface area contributed by atoms with Crippen molar-refractivity contribution in [3.8, 4) is 0 Å². The van der Waals surface area contributed by atoms with E-state index in [9.17, 15) is 15.3 Å². The van der Waals surface area contributed by atoms with Crippen LogP contribution in [0.25, 0.3) is 0 Å². The summed E-state index contributed by atoms with van der Waals surface area (Å²) in [6, 6.07) is 0. The van der Waals surface area contributed by atoms with Gasteiger partial charge in [-0.25, -0.2) is 0 Å². The maximum absolute atomic E-state index is 10.7. The average molecular weight is 447 g/mol. The molecule has 3 aliphatic carbocycles. The van der Waals surface area contributed by atoms with Crippen molar-refractivity contribution in [1.29, 1.82) is 0 Å². The Labute approximate surface area is 193 Å². The molecule has 0 aromatic rings. The number of fused-ring (bicyclic) bond motifs is 1. The number of hydrogen-bond donors (Lipinski definition) is 3. The van der Waals surface area contributed by atoms with Gasteiger partial charge in [0.15, 0.2) is 0 Å². The normalized spacial score (nSPS) is 35.4. The Balaban J connectivity index is 1.73. The second-order valence-corrected chi connectivity index (χ2v) is 11.5. The molecule has 4 heteroatoms. The summed E-state index contributed by atoms with van der Waals surface area (Å²) >= 11 is 1.91. The minimum Gasteiger partial charge on any atom is -0.393 e. The first-order chi connectivity index (χ1) is 14.6. The average Bonchev–Trinajstić information content (AvgIpc) is 3.10. The molecule has 5 atom stereocenters. The molecule has 3 nitrogen and oxygen atoms in total. The van der Waals surface area contributed by atoms with Crippen molar-refractivity contribution in [1.82, 2.24) is 0 Å². The number of allylic oxidation sites excluding steroid dienone is 4. The van der Waals surface area contributed by atoms with Gasteiger partial charge in [-0.05, 0) is 74.3 Å². The molecule has 0 spiro atoms. The van der Waals surface area contributed by atoms with Crippen LogP contribution in [0.4, 0.5) is 0 Å². The monoisotopic (exact) mass is 446 g/mol. The quantitative estimate of drug-likeness (QED) is 0.438. The van der Waals surface area contributed by atoms with Crippen LogP contribution < -0.4 is 0 Å². The van der Waals surface area contributed by atoms with Gasteiger partial charge < -0.3 is 15.3 Å². The lowest BCUT2D eigenvalue weighted by molar-refractivity contribution is 0.0571. The van der Waals surface area contributed by atoms with Gasteiger partial charge in [0.1, 0.15) is 0 Å². The fraction of sp³-hybridized carbons (Fsp3) is 0.704. The summed E-state index contributed by atoms with van der Waals surface area (Å²) in [4.78, 5) is 0. The van der Waals surface area contributed by atoms with E-state index in [1.54, 1.807) is 5.57 Å². The summed E-state index contributed by atoms with van der Waals surface area (Å²) in [5, 5.41) is 31.3. The fourth-order valence-corrected chi connectivity index (χ4v) is 7.28. The van der Waals surface area contributed by atoms with Gasteiger partial charge in [0.05, 0.1) is 17.8 Å². The number of thioether (sulfide) groups is 1. The Morgan fingerprint density at radius 3 is 2.68 bits per heavy atom. The van der Waals surface area contributed by atoms with Crippen molar-refractivity contribution in [2.24, 2.45) is 11.3 Å². The summed E-state index contributed by atoms with van der Waals surface area (Å²) in [5.74, 6) is 1.32. The van der Waals surface area contributed by atoms with Crippen LogP contribution in [0, 0.1) is 11.3 Å². The lowest BCUT2D eigenvalue weighted by Gasteiger charge is -2.42. The highest BCUT2D eigenvalue weighted by Crippen LogP contribution is 2.57. The van der Waals surface area contributed by atoms with Crippen LogP contribution in [0.5, 0.6) is 0 Å². The molecule has 0 radical (unpaired) electrons. The molecule has 0 saturated heterocycles. The van der Waals surface area contributed by atoms with Crippen molar-refractivity contribution in [3.63, 3.8) is 0 Å². The van der Waals surface area contributed by atoms with Crippen LogP contribution >= 0.6 is 11.8 Å². The summed E-state index contributed by atoms with van der Waals surface area (Å²) in [7, 11) is 0. The third-order valence-corrected chi connectivity index (χ3v) is 9.69. The zero-order chi connectivity index (χ0) is 22.8. The molecule has 0 amide bonds. The van der Waals surface area contributed by atoms with Gasteiger partial charge in [0, 0.05) is 17.4 Å². The lowest BCUT2D eigenvalue weighted by atomic mass is 9.64. The molecule has 0 aromatic carbocycles. The van der Waals surface area contributed by atoms with Gasteiger partial charge in [0.2, 0.25) is 0 Å². The summed E-state index contributed by atoms with van der Waals surface area (Å²) in [6.07, 6.45) is 12.9. The van der Waals surface area contributed by atoms with Crippen molar-refractivity contribution in [2.75, 3.05) is 5.75 Å². The molecular formula is C27H42O3S. The fourth-order valence-electron chi connectivity index (χ4n) is 5.77. The smallest absolute Gasteiger partial charge is 0.0811 e. The SMILES string of the molecule is C=C1/C(=C\C=C2/CCC[C@]3(C)C([C@@H](C)SCC(O)(CC)CC)=CC[C@@H]23)C[C@@H](O)C[C@@H]1O. The van der Waals surface area contributed by atoms with Crippen LogP contribution in [0.3, 0.4) is 0 Å². The van der Waals surface area contributed by atoms with Crippen molar-refractivity contribution in [2.45, 2.75) is 102 Å². The van der Waals surface area contributed by atoms with Gasteiger partial charge in [-0.15, -0.1) is 0 Å². The maximum atomic E-state index is 10.7. The summed E-state index contributed by atoms with van der Waals surface area (Å²) in [5.41, 5.74) is 4.43. The van der Waals surface area contributed by atoms with Gasteiger partial charge in [-0.1, -0.05) is 56.7 Å². The van der Waals surface area contributed by atoms with Crippen molar-refractivity contribution >= 4 is 11.8 Å². The third kappa shape index (κ3) is 5.24. The van der Waals surface area contributed by atoms with E-state index >= 15 is 0 Å². The molecule has 31 heavy (non-hydrogen) atoms.